The van der Waals surface area contributed by atoms with E-state index >= 15 is 0 Å². The first-order chi connectivity index (χ1) is 13.5. The number of nitrogens with one attached hydrogen (secondary N) is 1. The Morgan fingerprint density at radius 3 is 2.43 bits per heavy atom. The smallest absolute Gasteiger partial charge is 0.317 e. The standard InChI is InChI=1S/C21H34N4O3/c1-4-23(19-9-7-6-8-17(19)3)15-12-22-21(28)25-13-10-18(11-14-25)24(5-2)16-20(26)27/h6-9,18H,4-5,10-16H2,1-3H3,(H,22,28)(H,26,27). The fourth-order valence-electron chi connectivity index (χ4n) is 3.88. The summed E-state index contributed by atoms with van der Waals surface area (Å²) >= 11 is 0. The second-order valence-electron chi connectivity index (χ2n) is 7.27. The topological polar surface area (TPSA) is 76.1 Å². The van der Waals surface area contributed by atoms with Crippen LogP contribution in [0.3, 0.4) is 0 Å². The third-order valence-electron chi connectivity index (χ3n) is 5.51. The van der Waals surface area contributed by atoms with Gasteiger partial charge in [-0.2, -0.15) is 0 Å². The molecule has 1 fully saturated rings. The van der Waals surface area contributed by atoms with E-state index in [1.807, 2.05) is 28.9 Å². The molecule has 156 valence electrons. The SMILES string of the molecule is CCN(CCNC(=O)N1CCC(N(CC)CC(=O)O)CC1)c1ccccc1C. The summed E-state index contributed by atoms with van der Waals surface area (Å²) < 4.78 is 0. The molecule has 1 aliphatic rings. The third-order valence-corrected chi connectivity index (χ3v) is 5.51. The first-order valence-electron chi connectivity index (χ1n) is 10.2. The number of nitrogens with zero attached hydrogens (tertiary/aromatic N) is 3. The molecule has 0 bridgehead atoms. The number of carboxylic acids is 1. The summed E-state index contributed by atoms with van der Waals surface area (Å²) in [5.74, 6) is -0.795. The molecular formula is C21H34N4O3. The van der Waals surface area contributed by atoms with E-state index in [1.165, 1.54) is 11.3 Å². The molecule has 1 saturated heterocycles. The number of piperidine rings is 1. The Kier molecular flexibility index (Phi) is 8.57. The van der Waals surface area contributed by atoms with Crippen molar-refractivity contribution in [2.45, 2.75) is 39.7 Å². The van der Waals surface area contributed by atoms with E-state index in [-0.39, 0.29) is 18.6 Å². The fraction of sp³-hybridized carbons (Fsp3) is 0.619. The molecule has 28 heavy (non-hydrogen) atoms. The largest absolute Gasteiger partial charge is 0.480 e. The van der Waals surface area contributed by atoms with Crippen LogP contribution in [-0.4, -0.2) is 78.8 Å². The van der Waals surface area contributed by atoms with Gasteiger partial charge in [0.25, 0.3) is 0 Å². The van der Waals surface area contributed by atoms with Crippen LogP contribution in [0, 0.1) is 6.92 Å². The van der Waals surface area contributed by atoms with E-state index in [4.69, 9.17) is 5.11 Å². The Labute approximate surface area is 168 Å². The lowest BCUT2D eigenvalue weighted by atomic mass is 10.0. The zero-order chi connectivity index (χ0) is 20.5. The predicted molar refractivity (Wildman–Crippen MR) is 112 cm³/mol. The van der Waals surface area contributed by atoms with Crippen molar-refractivity contribution in [2.75, 3.05) is 50.7 Å². The number of amides is 2. The average molecular weight is 391 g/mol. The molecule has 0 unspecified atom stereocenters. The molecule has 7 nitrogen and oxygen atoms in total. The molecule has 1 heterocycles. The normalized spacial score (nSPS) is 14.9. The van der Waals surface area contributed by atoms with Crippen molar-refractivity contribution in [1.82, 2.24) is 15.1 Å². The number of hydrogen-bond acceptors (Lipinski definition) is 4. The van der Waals surface area contributed by atoms with E-state index in [1.54, 1.807) is 0 Å². The number of hydrogen-bond donors (Lipinski definition) is 2. The van der Waals surface area contributed by atoms with Gasteiger partial charge in [-0.1, -0.05) is 25.1 Å². The fourth-order valence-corrected chi connectivity index (χ4v) is 3.88. The van der Waals surface area contributed by atoms with Crippen molar-refractivity contribution < 1.29 is 14.7 Å². The molecule has 0 atom stereocenters. The summed E-state index contributed by atoms with van der Waals surface area (Å²) in [6.07, 6.45) is 1.64. The van der Waals surface area contributed by atoms with Crippen LogP contribution >= 0.6 is 0 Å². The summed E-state index contributed by atoms with van der Waals surface area (Å²) in [4.78, 5) is 29.6. The molecule has 1 aromatic rings. The first-order valence-corrected chi connectivity index (χ1v) is 10.2. The summed E-state index contributed by atoms with van der Waals surface area (Å²) in [6, 6.07) is 8.50. The number of rotatable bonds is 9. The van der Waals surface area contributed by atoms with Gasteiger partial charge in [0.15, 0.2) is 0 Å². The lowest BCUT2D eigenvalue weighted by Gasteiger charge is -2.37. The minimum atomic E-state index is -0.795. The van der Waals surface area contributed by atoms with Crippen molar-refractivity contribution in [3.8, 4) is 0 Å². The van der Waals surface area contributed by atoms with E-state index < -0.39 is 5.97 Å². The Hall–Kier alpha value is -2.28. The summed E-state index contributed by atoms with van der Waals surface area (Å²) in [5, 5.41) is 12.1. The highest BCUT2D eigenvalue weighted by atomic mass is 16.4. The van der Waals surface area contributed by atoms with Crippen molar-refractivity contribution in [2.24, 2.45) is 0 Å². The Morgan fingerprint density at radius 2 is 1.86 bits per heavy atom. The second-order valence-corrected chi connectivity index (χ2v) is 7.27. The lowest BCUT2D eigenvalue weighted by Crippen LogP contribution is -2.51. The van der Waals surface area contributed by atoms with Crippen LogP contribution < -0.4 is 10.2 Å². The maximum absolute atomic E-state index is 12.5. The van der Waals surface area contributed by atoms with E-state index in [0.29, 0.717) is 19.6 Å². The number of likely N-dealkylation sites (N-methyl/N-ethyl adjacent to an activating group) is 2. The predicted octanol–water partition coefficient (Wildman–Crippen LogP) is 2.40. The van der Waals surface area contributed by atoms with Gasteiger partial charge in [0.05, 0.1) is 6.54 Å². The van der Waals surface area contributed by atoms with Crippen molar-refractivity contribution >= 4 is 17.7 Å². The first kappa shape index (κ1) is 22.0. The number of urea groups is 1. The second kappa shape index (κ2) is 10.9. The van der Waals surface area contributed by atoms with Gasteiger partial charge in [-0.25, -0.2) is 4.79 Å². The number of carbonyl (C=O) groups is 2. The molecule has 0 aliphatic carbocycles. The van der Waals surface area contributed by atoms with Crippen molar-refractivity contribution in [3.05, 3.63) is 29.8 Å². The van der Waals surface area contributed by atoms with Gasteiger partial charge in [-0.3, -0.25) is 9.69 Å². The number of benzene rings is 1. The van der Waals surface area contributed by atoms with Gasteiger partial charge in [0.1, 0.15) is 0 Å². The molecule has 7 heteroatoms. The molecule has 0 aromatic heterocycles. The van der Waals surface area contributed by atoms with E-state index in [9.17, 15) is 9.59 Å². The van der Waals surface area contributed by atoms with Gasteiger partial charge in [-0.05, 0) is 44.9 Å². The molecule has 2 rings (SSSR count). The molecular weight excluding hydrogens is 356 g/mol. The van der Waals surface area contributed by atoms with Crippen LogP contribution in [0.1, 0.15) is 32.3 Å². The zero-order valence-corrected chi connectivity index (χ0v) is 17.4. The highest BCUT2D eigenvalue weighted by molar-refractivity contribution is 5.74. The Balaban J connectivity index is 1.77. The summed E-state index contributed by atoms with van der Waals surface area (Å²) in [6.45, 7) is 10.6. The molecule has 0 saturated carbocycles. The monoisotopic (exact) mass is 390 g/mol. The number of aryl methyl sites for hydroxylation is 1. The number of aliphatic carboxylic acids is 1. The number of carboxylic acid groups (broad SMARTS) is 1. The van der Waals surface area contributed by atoms with Crippen LogP contribution in [0.4, 0.5) is 10.5 Å². The van der Waals surface area contributed by atoms with Gasteiger partial charge < -0.3 is 20.2 Å². The molecule has 0 spiro atoms. The van der Waals surface area contributed by atoms with Gasteiger partial charge in [0, 0.05) is 44.5 Å². The zero-order valence-electron chi connectivity index (χ0n) is 17.4. The van der Waals surface area contributed by atoms with Crippen LogP contribution in [-0.2, 0) is 4.79 Å². The highest BCUT2D eigenvalue weighted by Gasteiger charge is 2.27. The van der Waals surface area contributed by atoms with Crippen molar-refractivity contribution in [1.29, 1.82) is 0 Å². The Bertz CT molecular complexity index is 644. The van der Waals surface area contributed by atoms with E-state index in [2.05, 4.69) is 36.2 Å². The Morgan fingerprint density at radius 1 is 1.18 bits per heavy atom. The number of anilines is 1. The number of likely N-dealkylation sites (tertiary alicyclic amines) is 1. The van der Waals surface area contributed by atoms with Crippen molar-refractivity contribution in [3.63, 3.8) is 0 Å². The molecule has 1 aromatic carbocycles. The molecule has 0 radical (unpaired) electrons. The quantitative estimate of drug-likeness (QED) is 0.677. The van der Waals surface area contributed by atoms with Gasteiger partial charge in [0.2, 0.25) is 0 Å². The molecule has 2 N–H and O–H groups in total. The maximum atomic E-state index is 12.5. The number of carbonyl (C=O) groups excluding carboxylic acids is 1. The highest BCUT2D eigenvalue weighted by Crippen LogP contribution is 2.19. The lowest BCUT2D eigenvalue weighted by molar-refractivity contribution is -0.139. The minimum Gasteiger partial charge on any atom is -0.480 e. The van der Waals surface area contributed by atoms with Crippen LogP contribution in [0.15, 0.2) is 24.3 Å². The van der Waals surface area contributed by atoms with E-state index in [0.717, 1.165) is 32.5 Å². The van der Waals surface area contributed by atoms with Crippen LogP contribution in [0.2, 0.25) is 0 Å². The van der Waals surface area contributed by atoms with Gasteiger partial charge in [-0.15, -0.1) is 0 Å². The molecule has 2 amide bonds. The van der Waals surface area contributed by atoms with Crippen LogP contribution in [0.5, 0.6) is 0 Å². The average Bonchev–Trinajstić information content (AvgIpc) is 2.70. The third kappa shape index (κ3) is 6.12. The number of para-hydroxylation sites is 1. The minimum absolute atomic E-state index is 0.0273. The molecule has 1 aliphatic heterocycles. The maximum Gasteiger partial charge on any atom is 0.317 e. The van der Waals surface area contributed by atoms with Gasteiger partial charge >= 0.3 is 12.0 Å². The van der Waals surface area contributed by atoms with Crippen LogP contribution in [0.25, 0.3) is 0 Å². The summed E-state index contributed by atoms with van der Waals surface area (Å²) in [7, 11) is 0. The summed E-state index contributed by atoms with van der Waals surface area (Å²) in [5.41, 5.74) is 2.44.